The van der Waals surface area contributed by atoms with Gasteiger partial charge in [0.1, 0.15) is 32.5 Å². The monoisotopic (exact) mass is 282 g/mol. The molecule has 0 amide bonds. The summed E-state index contributed by atoms with van der Waals surface area (Å²) in [5, 5.41) is 9.84. The van der Waals surface area contributed by atoms with Crippen molar-refractivity contribution in [2.45, 2.75) is 57.9 Å². The third-order valence-corrected chi connectivity index (χ3v) is 3.41. The number of carbonyl (C=O) groups is 1. The molecular weight excluding hydrogens is 260 g/mol. The molecule has 0 bridgehead atoms. The van der Waals surface area contributed by atoms with Crippen LogP contribution in [0.25, 0.3) is 0 Å². The minimum Gasteiger partial charge on any atom is -0.460 e. The van der Waals surface area contributed by atoms with Crippen molar-refractivity contribution in [1.29, 1.82) is 0 Å². The number of hydrogen-bond donors (Lipinski definition) is 1. The Balaban J connectivity index is 2.74. The molecule has 1 unspecified atom stereocenters. The van der Waals surface area contributed by atoms with Crippen LogP contribution in [0.2, 0.25) is 19.6 Å². The second-order valence-electron chi connectivity index (χ2n) is 5.73. The van der Waals surface area contributed by atoms with Gasteiger partial charge in [0.2, 0.25) is 0 Å². The molecule has 1 heterocycles. The molecule has 1 aliphatic rings. The third-order valence-electron chi connectivity index (χ3n) is 2.52. The lowest BCUT2D eigenvalue weighted by atomic mass is 10.1. The molecule has 4 nitrogen and oxygen atoms in total. The van der Waals surface area contributed by atoms with Gasteiger partial charge in [0.25, 0.3) is 0 Å². The fourth-order valence-electron chi connectivity index (χ4n) is 1.62. The highest BCUT2D eigenvalue weighted by molar-refractivity contribution is 6.83. The molecular formula is C14H22O4Si. The first-order chi connectivity index (χ1) is 8.69. The zero-order valence-electron chi connectivity index (χ0n) is 12.1. The van der Waals surface area contributed by atoms with E-state index in [1.165, 1.54) is 6.92 Å². The van der Waals surface area contributed by atoms with E-state index in [2.05, 4.69) is 31.1 Å². The van der Waals surface area contributed by atoms with Crippen LogP contribution < -0.4 is 0 Å². The highest BCUT2D eigenvalue weighted by atomic mass is 28.3. The molecule has 0 saturated heterocycles. The molecule has 0 aromatic carbocycles. The predicted molar refractivity (Wildman–Crippen MR) is 76.2 cm³/mol. The number of rotatable bonds is 2. The fourth-order valence-corrected chi connectivity index (χ4v) is 2.20. The average molecular weight is 282 g/mol. The molecule has 0 fully saturated rings. The Hall–Kier alpha value is -1.09. The van der Waals surface area contributed by atoms with Gasteiger partial charge < -0.3 is 14.6 Å². The van der Waals surface area contributed by atoms with Gasteiger partial charge >= 0.3 is 5.97 Å². The normalized spacial score (nSPS) is 28.2. The molecule has 1 aliphatic heterocycles. The maximum Gasteiger partial charge on any atom is 0.302 e. The summed E-state index contributed by atoms with van der Waals surface area (Å²) in [4.78, 5) is 10.9. The van der Waals surface area contributed by atoms with Crippen molar-refractivity contribution >= 4 is 14.0 Å². The van der Waals surface area contributed by atoms with Crippen molar-refractivity contribution in [2.75, 3.05) is 0 Å². The van der Waals surface area contributed by atoms with Crippen molar-refractivity contribution in [3.63, 3.8) is 0 Å². The number of aliphatic hydroxyl groups is 1. The summed E-state index contributed by atoms with van der Waals surface area (Å²) in [6.07, 6.45) is 1.32. The highest BCUT2D eigenvalue weighted by Crippen LogP contribution is 2.17. The van der Waals surface area contributed by atoms with Crippen LogP contribution >= 0.6 is 0 Å². The molecule has 5 heteroatoms. The van der Waals surface area contributed by atoms with Crippen LogP contribution in [0.3, 0.4) is 0 Å². The smallest absolute Gasteiger partial charge is 0.302 e. The van der Waals surface area contributed by atoms with Crippen LogP contribution in [-0.2, 0) is 14.3 Å². The van der Waals surface area contributed by atoms with E-state index < -0.39 is 26.4 Å². The van der Waals surface area contributed by atoms with Crippen LogP contribution in [0.15, 0.2) is 12.2 Å². The number of hydrogen-bond acceptors (Lipinski definition) is 4. The van der Waals surface area contributed by atoms with Crippen LogP contribution in [0.4, 0.5) is 0 Å². The molecule has 4 atom stereocenters. The molecule has 0 aliphatic carbocycles. The van der Waals surface area contributed by atoms with Crippen molar-refractivity contribution < 1.29 is 19.4 Å². The average Bonchev–Trinajstić information content (AvgIpc) is 2.25. The Kier molecular flexibility index (Phi) is 5.35. The summed E-state index contributed by atoms with van der Waals surface area (Å²) in [6.45, 7) is 9.51. The molecule has 0 spiro atoms. The van der Waals surface area contributed by atoms with Crippen molar-refractivity contribution in [1.82, 2.24) is 0 Å². The number of ether oxygens (including phenoxy) is 2. The maximum atomic E-state index is 10.9. The van der Waals surface area contributed by atoms with Crippen molar-refractivity contribution in [3.8, 4) is 11.5 Å². The first-order valence-corrected chi connectivity index (χ1v) is 9.91. The molecule has 0 radical (unpaired) electrons. The lowest BCUT2D eigenvalue weighted by Gasteiger charge is -2.29. The fraction of sp³-hybridized carbons (Fsp3) is 0.643. The van der Waals surface area contributed by atoms with Gasteiger partial charge in [-0.1, -0.05) is 37.7 Å². The molecule has 0 aromatic heterocycles. The molecule has 0 saturated carbocycles. The number of esters is 1. The maximum absolute atomic E-state index is 10.9. The van der Waals surface area contributed by atoms with Crippen molar-refractivity contribution in [2.24, 2.45) is 0 Å². The standard InChI is InChI=1S/C14H22O4Si/c1-10(17-11(2)15)13-7-6-12(16)14(18-13)8-9-19(3,4)5/h6-7,10,12-14,16H,1-5H3/t10?,12-,13+,14-/m1/s1. The lowest BCUT2D eigenvalue weighted by molar-refractivity contribution is -0.154. The largest absolute Gasteiger partial charge is 0.460 e. The van der Waals surface area contributed by atoms with Gasteiger partial charge in [-0.2, -0.15) is 0 Å². The minimum atomic E-state index is -1.51. The molecule has 106 valence electrons. The second-order valence-corrected chi connectivity index (χ2v) is 10.5. The minimum absolute atomic E-state index is 0.347. The summed E-state index contributed by atoms with van der Waals surface area (Å²) in [5.41, 5.74) is 3.18. The van der Waals surface area contributed by atoms with Crippen LogP contribution in [0, 0.1) is 11.5 Å². The van der Waals surface area contributed by atoms with Gasteiger partial charge in [-0.25, -0.2) is 0 Å². The zero-order valence-corrected chi connectivity index (χ0v) is 13.1. The first-order valence-electron chi connectivity index (χ1n) is 6.41. The third kappa shape index (κ3) is 5.60. The SMILES string of the molecule is CC(=O)OC(C)[C@@H]1C=C[C@@H](O)[C@@H](C#C[Si](C)(C)C)O1. The summed E-state index contributed by atoms with van der Waals surface area (Å²) in [7, 11) is -1.51. The molecule has 1 N–H and O–H groups in total. The Bertz CT molecular complexity index is 413. The quantitative estimate of drug-likeness (QED) is 0.361. The molecule has 19 heavy (non-hydrogen) atoms. The lowest BCUT2D eigenvalue weighted by Crippen LogP contribution is -2.40. The summed E-state index contributed by atoms with van der Waals surface area (Å²) in [5.74, 6) is 2.65. The van der Waals surface area contributed by atoms with Crippen molar-refractivity contribution in [3.05, 3.63) is 12.2 Å². The Labute approximate surface area is 115 Å². The van der Waals surface area contributed by atoms with E-state index in [0.717, 1.165) is 0 Å². The molecule has 1 rings (SSSR count). The first kappa shape index (κ1) is 16.0. The topological polar surface area (TPSA) is 55.8 Å². The van der Waals surface area contributed by atoms with E-state index in [1.54, 1.807) is 19.1 Å². The Morgan fingerprint density at radius 3 is 2.58 bits per heavy atom. The van der Waals surface area contributed by atoms with E-state index in [9.17, 15) is 9.90 Å². The summed E-state index contributed by atoms with van der Waals surface area (Å²) >= 11 is 0. The van der Waals surface area contributed by atoms with E-state index in [1.807, 2.05) is 0 Å². The van der Waals surface area contributed by atoms with Gasteiger partial charge in [0.05, 0.1) is 0 Å². The number of aliphatic hydroxyl groups excluding tert-OH is 1. The van der Waals surface area contributed by atoms with Gasteiger partial charge in [-0.05, 0) is 6.92 Å². The van der Waals surface area contributed by atoms with Crippen LogP contribution in [0.5, 0.6) is 0 Å². The number of carbonyl (C=O) groups excluding carboxylic acids is 1. The summed E-state index contributed by atoms with van der Waals surface area (Å²) in [6, 6.07) is 0. The van der Waals surface area contributed by atoms with Gasteiger partial charge in [0.15, 0.2) is 0 Å². The Morgan fingerprint density at radius 2 is 2.05 bits per heavy atom. The van der Waals surface area contributed by atoms with Gasteiger partial charge in [0, 0.05) is 6.92 Å². The van der Waals surface area contributed by atoms with Gasteiger partial charge in [-0.3, -0.25) is 4.79 Å². The van der Waals surface area contributed by atoms with Crippen LogP contribution in [-0.4, -0.2) is 43.6 Å². The Morgan fingerprint density at radius 1 is 1.42 bits per heavy atom. The van der Waals surface area contributed by atoms with E-state index in [4.69, 9.17) is 9.47 Å². The van der Waals surface area contributed by atoms with Crippen LogP contribution in [0.1, 0.15) is 13.8 Å². The predicted octanol–water partition coefficient (Wildman–Crippen LogP) is 1.50. The zero-order chi connectivity index (χ0) is 14.6. The van der Waals surface area contributed by atoms with Gasteiger partial charge in [-0.15, -0.1) is 5.54 Å². The molecule has 0 aromatic rings. The summed E-state index contributed by atoms with van der Waals surface area (Å²) < 4.78 is 10.8. The highest BCUT2D eigenvalue weighted by Gasteiger charge is 2.29. The van der Waals surface area contributed by atoms with E-state index in [-0.39, 0.29) is 12.1 Å². The van der Waals surface area contributed by atoms with E-state index >= 15 is 0 Å². The second kappa shape index (κ2) is 6.37. The van der Waals surface area contributed by atoms with E-state index in [0.29, 0.717) is 0 Å².